The minimum Gasteiger partial charge on any atom is -0.497 e. The van der Waals surface area contributed by atoms with E-state index in [2.05, 4.69) is 5.32 Å². The summed E-state index contributed by atoms with van der Waals surface area (Å²) in [4.78, 5) is 39.2. The van der Waals surface area contributed by atoms with E-state index < -0.39 is 17.8 Å². The van der Waals surface area contributed by atoms with Crippen LogP contribution in [0.15, 0.2) is 72.3 Å². The zero-order valence-electron chi connectivity index (χ0n) is 18.5. The van der Waals surface area contributed by atoms with Gasteiger partial charge < -0.3 is 9.47 Å². The van der Waals surface area contributed by atoms with Crippen LogP contribution in [0.2, 0.25) is 5.02 Å². The molecule has 8 heteroatoms. The molecule has 0 aliphatic carbocycles. The summed E-state index contributed by atoms with van der Waals surface area (Å²) in [6, 6.07) is 18.4. The van der Waals surface area contributed by atoms with Gasteiger partial charge in [0.15, 0.2) is 0 Å². The maximum Gasteiger partial charge on any atom is 0.335 e. The molecule has 0 saturated carbocycles. The van der Waals surface area contributed by atoms with Gasteiger partial charge in [0, 0.05) is 16.7 Å². The van der Waals surface area contributed by atoms with Crippen LogP contribution in [0.1, 0.15) is 16.7 Å². The van der Waals surface area contributed by atoms with Crippen molar-refractivity contribution in [1.29, 1.82) is 0 Å². The second kappa shape index (κ2) is 9.80. The molecule has 1 heterocycles. The quantitative estimate of drug-likeness (QED) is 0.404. The number of nitrogens with one attached hydrogen (secondary N) is 1. The van der Waals surface area contributed by atoms with Gasteiger partial charge in [-0.2, -0.15) is 0 Å². The number of imide groups is 2. The van der Waals surface area contributed by atoms with E-state index in [0.717, 1.165) is 16.0 Å². The predicted octanol–water partition coefficient (Wildman–Crippen LogP) is 4.90. The smallest absolute Gasteiger partial charge is 0.335 e. The lowest BCUT2D eigenvalue weighted by atomic mass is 10.1. The summed E-state index contributed by atoms with van der Waals surface area (Å²) in [6.07, 6.45) is 1.40. The van der Waals surface area contributed by atoms with Gasteiger partial charge in [0.1, 0.15) is 23.7 Å². The highest BCUT2D eigenvalue weighted by Gasteiger charge is 2.37. The fourth-order valence-electron chi connectivity index (χ4n) is 3.49. The number of amides is 4. The standard InChI is InChI=1S/C26H21ClN2O5/c1-16-5-3-8-20(11-16)29-25(31)22(24(30)28-26(29)32)13-18-9-10-21(33-2)14-23(18)34-15-17-6-4-7-19(27)12-17/h3-14H,15H2,1-2H3,(H,28,30,32)/b22-13+. The first kappa shape index (κ1) is 23.1. The van der Waals surface area contributed by atoms with Gasteiger partial charge in [-0.1, -0.05) is 35.9 Å². The van der Waals surface area contributed by atoms with Crippen LogP contribution in [0.25, 0.3) is 6.08 Å². The molecule has 1 N–H and O–H groups in total. The van der Waals surface area contributed by atoms with Crippen molar-refractivity contribution >= 4 is 41.2 Å². The minimum atomic E-state index is -0.801. The monoisotopic (exact) mass is 476 g/mol. The zero-order valence-corrected chi connectivity index (χ0v) is 19.3. The number of methoxy groups -OCH3 is 1. The number of anilines is 1. The van der Waals surface area contributed by atoms with Gasteiger partial charge in [0.05, 0.1) is 12.8 Å². The molecule has 0 bridgehead atoms. The lowest BCUT2D eigenvalue weighted by molar-refractivity contribution is -0.122. The molecule has 3 aromatic carbocycles. The van der Waals surface area contributed by atoms with E-state index in [1.54, 1.807) is 48.5 Å². The largest absolute Gasteiger partial charge is 0.497 e. The molecule has 7 nitrogen and oxygen atoms in total. The number of aryl methyl sites for hydroxylation is 1. The van der Waals surface area contributed by atoms with Crippen LogP contribution in [0, 0.1) is 6.92 Å². The number of carbonyl (C=O) groups is 3. The van der Waals surface area contributed by atoms with E-state index in [1.165, 1.54) is 13.2 Å². The summed E-state index contributed by atoms with van der Waals surface area (Å²) in [5, 5.41) is 2.82. The fraction of sp³-hybridized carbons (Fsp3) is 0.115. The Morgan fingerprint density at radius 1 is 1.00 bits per heavy atom. The van der Waals surface area contributed by atoms with Crippen molar-refractivity contribution in [3.05, 3.63) is 94.0 Å². The predicted molar refractivity (Wildman–Crippen MR) is 129 cm³/mol. The highest BCUT2D eigenvalue weighted by molar-refractivity contribution is 6.39. The van der Waals surface area contributed by atoms with Crippen LogP contribution in [-0.2, 0) is 16.2 Å². The van der Waals surface area contributed by atoms with E-state index >= 15 is 0 Å². The van der Waals surface area contributed by atoms with Crippen molar-refractivity contribution in [2.45, 2.75) is 13.5 Å². The van der Waals surface area contributed by atoms with Crippen LogP contribution in [0.5, 0.6) is 11.5 Å². The third-order valence-electron chi connectivity index (χ3n) is 5.17. The van der Waals surface area contributed by atoms with Gasteiger partial charge in [0.2, 0.25) is 0 Å². The first-order valence-corrected chi connectivity index (χ1v) is 10.8. The molecule has 3 aromatic rings. The van der Waals surface area contributed by atoms with Crippen molar-refractivity contribution in [2.75, 3.05) is 12.0 Å². The van der Waals surface area contributed by atoms with E-state index in [0.29, 0.717) is 27.8 Å². The third kappa shape index (κ3) is 4.94. The van der Waals surface area contributed by atoms with Crippen molar-refractivity contribution in [1.82, 2.24) is 5.32 Å². The second-order valence-electron chi connectivity index (χ2n) is 7.62. The molecule has 0 spiro atoms. The average molecular weight is 477 g/mol. The minimum absolute atomic E-state index is 0.195. The van der Waals surface area contributed by atoms with Crippen LogP contribution < -0.4 is 19.7 Å². The molecule has 1 aliphatic heterocycles. The van der Waals surface area contributed by atoms with E-state index in [1.807, 2.05) is 25.1 Å². The number of ether oxygens (including phenoxy) is 2. The molecule has 172 valence electrons. The Morgan fingerprint density at radius 3 is 2.53 bits per heavy atom. The number of hydrogen-bond acceptors (Lipinski definition) is 5. The summed E-state index contributed by atoms with van der Waals surface area (Å²) in [7, 11) is 1.53. The topological polar surface area (TPSA) is 84.9 Å². The summed E-state index contributed by atoms with van der Waals surface area (Å²) >= 11 is 6.05. The summed E-state index contributed by atoms with van der Waals surface area (Å²) in [5.74, 6) is -0.572. The number of halogens is 1. The molecule has 0 unspecified atom stereocenters. The molecule has 1 aliphatic rings. The van der Waals surface area contributed by atoms with Crippen LogP contribution in [0.3, 0.4) is 0 Å². The van der Waals surface area contributed by atoms with Crippen molar-refractivity contribution in [2.24, 2.45) is 0 Å². The SMILES string of the molecule is COc1ccc(/C=C2\C(=O)NC(=O)N(c3cccc(C)c3)C2=O)c(OCc2cccc(Cl)c2)c1. The van der Waals surface area contributed by atoms with Crippen molar-refractivity contribution < 1.29 is 23.9 Å². The number of hydrogen-bond donors (Lipinski definition) is 1. The Hall–Kier alpha value is -4.10. The molecule has 1 fully saturated rings. The first-order valence-electron chi connectivity index (χ1n) is 10.4. The molecule has 4 amide bonds. The maximum absolute atomic E-state index is 13.2. The lowest BCUT2D eigenvalue weighted by Crippen LogP contribution is -2.54. The summed E-state index contributed by atoms with van der Waals surface area (Å²) in [6.45, 7) is 2.05. The number of rotatable bonds is 6. The van der Waals surface area contributed by atoms with Crippen molar-refractivity contribution in [3.8, 4) is 11.5 Å². The number of urea groups is 1. The molecule has 0 atom stereocenters. The highest BCUT2D eigenvalue weighted by atomic mass is 35.5. The van der Waals surface area contributed by atoms with E-state index in [9.17, 15) is 14.4 Å². The van der Waals surface area contributed by atoms with Gasteiger partial charge in [0.25, 0.3) is 11.8 Å². The Labute approximate surface area is 201 Å². The fourth-order valence-corrected chi connectivity index (χ4v) is 3.70. The number of benzene rings is 3. The molecule has 34 heavy (non-hydrogen) atoms. The zero-order chi connectivity index (χ0) is 24.2. The van der Waals surface area contributed by atoms with Crippen molar-refractivity contribution in [3.63, 3.8) is 0 Å². The summed E-state index contributed by atoms with van der Waals surface area (Å²) in [5.41, 5.74) is 2.36. The van der Waals surface area contributed by atoms with E-state index in [-0.39, 0.29) is 12.2 Å². The average Bonchev–Trinajstić information content (AvgIpc) is 2.81. The highest BCUT2D eigenvalue weighted by Crippen LogP contribution is 2.30. The van der Waals surface area contributed by atoms with Gasteiger partial charge in [-0.25, -0.2) is 9.69 Å². The Balaban J connectivity index is 1.69. The number of barbiturate groups is 1. The molecular formula is C26H21ClN2O5. The number of nitrogens with zero attached hydrogens (tertiary/aromatic N) is 1. The normalized spacial score (nSPS) is 14.9. The maximum atomic E-state index is 13.2. The Bertz CT molecular complexity index is 1320. The first-order chi connectivity index (χ1) is 16.4. The van der Waals surface area contributed by atoms with Gasteiger partial charge >= 0.3 is 6.03 Å². The van der Waals surface area contributed by atoms with Gasteiger partial charge in [-0.3, -0.25) is 14.9 Å². The second-order valence-corrected chi connectivity index (χ2v) is 8.06. The molecule has 1 saturated heterocycles. The molecule has 4 rings (SSSR count). The van der Waals surface area contributed by atoms with Gasteiger partial charge in [-0.05, 0) is 60.5 Å². The third-order valence-corrected chi connectivity index (χ3v) is 5.40. The Kier molecular flexibility index (Phi) is 6.65. The number of carbonyl (C=O) groups excluding carboxylic acids is 3. The molecular weight excluding hydrogens is 456 g/mol. The van der Waals surface area contributed by atoms with Crippen LogP contribution >= 0.6 is 11.6 Å². The van der Waals surface area contributed by atoms with Crippen LogP contribution in [0.4, 0.5) is 10.5 Å². The molecule has 0 aromatic heterocycles. The van der Waals surface area contributed by atoms with Crippen LogP contribution in [-0.4, -0.2) is 25.0 Å². The van der Waals surface area contributed by atoms with Gasteiger partial charge in [-0.15, -0.1) is 0 Å². The molecule has 0 radical (unpaired) electrons. The Morgan fingerprint density at radius 2 is 1.79 bits per heavy atom. The lowest BCUT2D eigenvalue weighted by Gasteiger charge is -2.26. The van der Waals surface area contributed by atoms with E-state index in [4.69, 9.17) is 21.1 Å². The summed E-state index contributed by atoms with van der Waals surface area (Å²) < 4.78 is 11.3.